The first-order valence-electron chi connectivity index (χ1n) is 6.72. The summed E-state index contributed by atoms with van der Waals surface area (Å²) in [5.74, 6) is -5.55. The Morgan fingerprint density at radius 1 is 0.905 bits per heavy atom. The fourth-order valence-electron chi connectivity index (χ4n) is 2.72. The van der Waals surface area contributed by atoms with Crippen LogP contribution in [-0.4, -0.2) is 6.04 Å². The van der Waals surface area contributed by atoms with Crippen molar-refractivity contribution in [2.24, 2.45) is 0 Å². The van der Waals surface area contributed by atoms with Crippen molar-refractivity contribution in [2.75, 3.05) is 5.32 Å². The lowest BCUT2D eigenvalue weighted by Gasteiger charge is -2.26. The minimum Gasteiger partial charge on any atom is -0.377 e. The molecular formula is C16H13F4N. The number of halogens is 4. The highest BCUT2D eigenvalue weighted by atomic mass is 19.2. The summed E-state index contributed by atoms with van der Waals surface area (Å²) in [7, 11) is 0. The van der Waals surface area contributed by atoms with Gasteiger partial charge in [0.05, 0.1) is 0 Å². The summed E-state index contributed by atoms with van der Waals surface area (Å²) >= 11 is 0. The largest absolute Gasteiger partial charge is 0.377 e. The second-order valence-electron chi connectivity index (χ2n) is 5.20. The number of aryl methyl sites for hydroxylation is 1. The van der Waals surface area contributed by atoms with Gasteiger partial charge < -0.3 is 5.32 Å². The molecule has 0 fully saturated rings. The summed E-state index contributed by atoms with van der Waals surface area (Å²) in [5, 5.41) is 2.61. The number of benzene rings is 2. The van der Waals surface area contributed by atoms with E-state index < -0.39 is 29.0 Å². The van der Waals surface area contributed by atoms with Gasteiger partial charge in [-0.25, -0.2) is 17.6 Å². The quantitative estimate of drug-likeness (QED) is 0.646. The zero-order chi connectivity index (χ0) is 15.0. The van der Waals surface area contributed by atoms with Gasteiger partial charge in [0.1, 0.15) is 5.69 Å². The fraction of sp³-hybridized carbons (Fsp3) is 0.250. The molecule has 0 bridgehead atoms. The maximum absolute atomic E-state index is 13.6. The summed E-state index contributed by atoms with van der Waals surface area (Å²) in [6, 6.07) is 7.74. The number of anilines is 1. The van der Waals surface area contributed by atoms with Gasteiger partial charge in [-0.15, -0.1) is 0 Å². The van der Waals surface area contributed by atoms with E-state index in [1.807, 2.05) is 24.3 Å². The lowest BCUT2D eigenvalue weighted by molar-refractivity contribution is 0.454. The zero-order valence-corrected chi connectivity index (χ0v) is 11.1. The van der Waals surface area contributed by atoms with Crippen LogP contribution in [0.15, 0.2) is 30.3 Å². The summed E-state index contributed by atoms with van der Waals surface area (Å²) in [6.45, 7) is 0. The van der Waals surface area contributed by atoms with Crippen LogP contribution in [0.3, 0.4) is 0 Å². The fourth-order valence-corrected chi connectivity index (χ4v) is 2.72. The van der Waals surface area contributed by atoms with Crippen LogP contribution >= 0.6 is 0 Å². The Hall–Kier alpha value is -2.04. The molecule has 1 atom stereocenters. The molecule has 2 aromatic carbocycles. The van der Waals surface area contributed by atoms with Crippen molar-refractivity contribution in [3.63, 3.8) is 0 Å². The Morgan fingerprint density at radius 3 is 2.19 bits per heavy atom. The Balaban J connectivity index is 1.86. The molecule has 0 spiro atoms. The van der Waals surface area contributed by atoms with Crippen molar-refractivity contribution >= 4 is 5.69 Å². The summed E-state index contributed by atoms with van der Waals surface area (Å²) < 4.78 is 53.7. The third-order valence-electron chi connectivity index (χ3n) is 3.81. The molecule has 0 amide bonds. The van der Waals surface area contributed by atoms with Gasteiger partial charge in [0.2, 0.25) is 0 Å². The van der Waals surface area contributed by atoms with E-state index in [9.17, 15) is 17.6 Å². The molecule has 3 rings (SSSR count). The summed E-state index contributed by atoms with van der Waals surface area (Å²) in [6.07, 6.45) is 1.97. The lowest BCUT2D eigenvalue weighted by Crippen LogP contribution is -2.28. The first-order chi connectivity index (χ1) is 10.1. The average Bonchev–Trinajstić information content (AvgIpc) is 2.49. The first-order valence-corrected chi connectivity index (χ1v) is 6.72. The normalized spacial score (nSPS) is 17.4. The van der Waals surface area contributed by atoms with Crippen LogP contribution in [0.4, 0.5) is 23.2 Å². The van der Waals surface area contributed by atoms with Crippen LogP contribution in [-0.2, 0) is 12.8 Å². The van der Waals surface area contributed by atoms with Gasteiger partial charge in [-0.1, -0.05) is 24.3 Å². The van der Waals surface area contributed by atoms with E-state index in [0.717, 1.165) is 12.0 Å². The van der Waals surface area contributed by atoms with Crippen molar-refractivity contribution < 1.29 is 17.6 Å². The van der Waals surface area contributed by atoms with Gasteiger partial charge in [0.15, 0.2) is 23.3 Å². The van der Waals surface area contributed by atoms with Gasteiger partial charge >= 0.3 is 0 Å². The molecule has 0 radical (unpaired) electrons. The van der Waals surface area contributed by atoms with Crippen LogP contribution in [0.25, 0.3) is 0 Å². The molecule has 0 heterocycles. The molecule has 110 valence electrons. The number of hydrogen-bond acceptors (Lipinski definition) is 1. The maximum Gasteiger partial charge on any atom is 0.185 e. The molecule has 0 saturated heterocycles. The van der Waals surface area contributed by atoms with Gasteiger partial charge in [-0.3, -0.25) is 0 Å². The molecule has 0 aromatic heterocycles. The Labute approximate surface area is 119 Å². The van der Waals surface area contributed by atoms with Crippen molar-refractivity contribution in [1.82, 2.24) is 0 Å². The molecule has 1 unspecified atom stereocenters. The Bertz CT molecular complexity index is 658. The number of rotatable bonds is 2. The van der Waals surface area contributed by atoms with Gasteiger partial charge in [0.25, 0.3) is 0 Å². The van der Waals surface area contributed by atoms with Crippen molar-refractivity contribution in [3.8, 4) is 0 Å². The monoisotopic (exact) mass is 295 g/mol. The van der Waals surface area contributed by atoms with Crippen LogP contribution in [0.5, 0.6) is 0 Å². The van der Waals surface area contributed by atoms with Gasteiger partial charge in [-0.05, 0) is 30.4 Å². The topological polar surface area (TPSA) is 12.0 Å². The minimum atomic E-state index is -1.40. The van der Waals surface area contributed by atoms with Crippen molar-refractivity contribution in [3.05, 3.63) is 64.7 Å². The SMILES string of the molecule is Fc1cc(F)c(F)c(NC2CCc3ccccc3C2)c1F. The van der Waals surface area contributed by atoms with E-state index in [1.54, 1.807) is 0 Å². The predicted molar refractivity (Wildman–Crippen MR) is 72.2 cm³/mol. The van der Waals surface area contributed by atoms with E-state index in [1.165, 1.54) is 5.56 Å². The highest BCUT2D eigenvalue weighted by molar-refractivity contribution is 5.49. The van der Waals surface area contributed by atoms with Crippen molar-refractivity contribution in [1.29, 1.82) is 0 Å². The van der Waals surface area contributed by atoms with Crippen LogP contribution < -0.4 is 5.32 Å². The lowest BCUT2D eigenvalue weighted by atomic mass is 9.88. The third-order valence-corrected chi connectivity index (χ3v) is 3.81. The first kappa shape index (κ1) is 13.9. The third kappa shape index (κ3) is 2.60. The van der Waals surface area contributed by atoms with E-state index >= 15 is 0 Å². The van der Waals surface area contributed by atoms with Crippen LogP contribution in [0, 0.1) is 23.3 Å². The second kappa shape index (κ2) is 5.39. The highest BCUT2D eigenvalue weighted by Gasteiger charge is 2.24. The number of nitrogens with one attached hydrogen (secondary N) is 1. The standard InChI is InChI=1S/C16H13F4N/c17-12-8-13(18)15(20)16(14(12)19)21-11-6-5-9-3-1-2-4-10(9)7-11/h1-4,8,11,21H,5-7H2. The molecular weight excluding hydrogens is 282 g/mol. The van der Waals surface area contributed by atoms with E-state index in [0.29, 0.717) is 12.8 Å². The molecule has 1 nitrogen and oxygen atoms in total. The molecule has 5 heteroatoms. The molecule has 1 aliphatic rings. The van der Waals surface area contributed by atoms with Crippen molar-refractivity contribution in [2.45, 2.75) is 25.3 Å². The predicted octanol–water partition coefficient (Wildman–Crippen LogP) is 4.21. The number of hydrogen-bond donors (Lipinski definition) is 1. The zero-order valence-electron chi connectivity index (χ0n) is 11.1. The molecule has 21 heavy (non-hydrogen) atoms. The van der Waals surface area contributed by atoms with E-state index in [2.05, 4.69) is 5.32 Å². The summed E-state index contributed by atoms with van der Waals surface area (Å²) in [5.41, 5.74) is 1.55. The van der Waals surface area contributed by atoms with Crippen LogP contribution in [0.1, 0.15) is 17.5 Å². The smallest absolute Gasteiger partial charge is 0.185 e. The van der Waals surface area contributed by atoms with E-state index in [4.69, 9.17) is 0 Å². The molecule has 1 N–H and O–H groups in total. The Kier molecular flexibility index (Phi) is 3.57. The molecule has 1 aliphatic carbocycles. The van der Waals surface area contributed by atoms with Crippen LogP contribution in [0.2, 0.25) is 0 Å². The highest BCUT2D eigenvalue weighted by Crippen LogP contribution is 2.28. The maximum atomic E-state index is 13.6. The van der Waals surface area contributed by atoms with Gasteiger partial charge in [-0.2, -0.15) is 0 Å². The average molecular weight is 295 g/mol. The molecule has 0 aliphatic heterocycles. The molecule has 0 saturated carbocycles. The van der Waals surface area contributed by atoms with Gasteiger partial charge in [0, 0.05) is 12.1 Å². The Morgan fingerprint density at radius 2 is 1.52 bits per heavy atom. The number of fused-ring (bicyclic) bond motifs is 1. The minimum absolute atomic E-state index is 0.214. The summed E-state index contributed by atoms with van der Waals surface area (Å²) in [4.78, 5) is 0. The van der Waals surface area contributed by atoms with E-state index in [-0.39, 0.29) is 12.1 Å². The molecule has 2 aromatic rings. The second-order valence-corrected chi connectivity index (χ2v) is 5.20.